The average Bonchev–Trinajstić information content (AvgIpc) is 2.54. The number of amides is 1. The molecule has 1 heterocycles. The first kappa shape index (κ1) is 14.5. The number of carbonyl (C=O) groups excluding carboxylic acids is 1. The lowest BCUT2D eigenvalue weighted by Crippen LogP contribution is -2.40. The number of methoxy groups -OCH3 is 1. The Hall–Kier alpha value is -1.39. The van der Waals surface area contributed by atoms with Gasteiger partial charge in [-0.2, -0.15) is 0 Å². The minimum Gasteiger partial charge on any atom is -0.381 e. The molecule has 0 bridgehead atoms. The molecule has 0 saturated carbocycles. The molecule has 1 fully saturated rings. The summed E-state index contributed by atoms with van der Waals surface area (Å²) in [5, 5.41) is 2.08. The Morgan fingerprint density at radius 2 is 1.86 bits per heavy atom. The second-order valence-corrected chi connectivity index (χ2v) is 6.23. The molecule has 3 nitrogen and oxygen atoms in total. The van der Waals surface area contributed by atoms with E-state index < -0.39 is 0 Å². The summed E-state index contributed by atoms with van der Waals surface area (Å²) in [6, 6.07) is 11.9. The largest absolute Gasteiger partial charge is 0.381 e. The zero-order chi connectivity index (χ0) is 14.8. The maximum atomic E-state index is 12.8. The number of rotatable bonds is 2. The van der Waals surface area contributed by atoms with Crippen molar-refractivity contribution in [3.05, 3.63) is 46.4 Å². The fourth-order valence-electron chi connectivity index (χ4n) is 2.94. The van der Waals surface area contributed by atoms with Gasteiger partial charge in [0.15, 0.2) is 0 Å². The molecule has 0 atom stereocenters. The van der Waals surface area contributed by atoms with Gasteiger partial charge in [-0.3, -0.25) is 4.79 Å². The van der Waals surface area contributed by atoms with Crippen LogP contribution in [0.1, 0.15) is 23.2 Å². The Kier molecular flexibility index (Phi) is 4.27. The summed E-state index contributed by atoms with van der Waals surface area (Å²) in [6.07, 6.45) is 2.11. The van der Waals surface area contributed by atoms with E-state index in [4.69, 9.17) is 4.74 Å². The Morgan fingerprint density at radius 3 is 2.52 bits per heavy atom. The number of nitrogens with zero attached hydrogens (tertiary/aromatic N) is 1. The summed E-state index contributed by atoms with van der Waals surface area (Å²) in [6.45, 7) is 1.52. The predicted molar refractivity (Wildman–Crippen MR) is 87.6 cm³/mol. The van der Waals surface area contributed by atoms with Crippen molar-refractivity contribution in [2.24, 2.45) is 0 Å². The predicted octanol–water partition coefficient (Wildman–Crippen LogP) is 3.85. The van der Waals surface area contributed by atoms with E-state index in [1.54, 1.807) is 7.11 Å². The molecule has 2 aromatic carbocycles. The summed E-state index contributed by atoms with van der Waals surface area (Å²) in [5.41, 5.74) is 0.774. The van der Waals surface area contributed by atoms with Gasteiger partial charge >= 0.3 is 0 Å². The molecule has 2 aromatic rings. The molecule has 4 heteroatoms. The van der Waals surface area contributed by atoms with Gasteiger partial charge in [0.2, 0.25) is 0 Å². The van der Waals surface area contributed by atoms with Gasteiger partial charge in [-0.1, -0.05) is 40.2 Å². The van der Waals surface area contributed by atoms with Crippen LogP contribution in [-0.2, 0) is 4.74 Å². The standard InChI is InChI=1S/C17H18BrNO2/c1-21-13-8-10-19(11-9-13)17(20)14-6-2-4-12-5-3-7-15(18)16(12)14/h2-7,13H,8-11H2,1H3. The Balaban J connectivity index is 1.92. The Morgan fingerprint density at radius 1 is 1.19 bits per heavy atom. The molecule has 0 aliphatic carbocycles. The van der Waals surface area contributed by atoms with Gasteiger partial charge in [-0.05, 0) is 30.4 Å². The molecule has 0 spiro atoms. The van der Waals surface area contributed by atoms with Crippen molar-refractivity contribution < 1.29 is 9.53 Å². The molecule has 1 aliphatic rings. The second-order valence-electron chi connectivity index (χ2n) is 5.37. The Bertz CT molecular complexity index is 658. The van der Waals surface area contributed by atoms with Crippen LogP contribution in [0, 0.1) is 0 Å². The molecule has 3 rings (SSSR count). The third-order valence-electron chi connectivity index (χ3n) is 4.15. The van der Waals surface area contributed by atoms with E-state index in [2.05, 4.69) is 15.9 Å². The number of likely N-dealkylation sites (tertiary alicyclic amines) is 1. The van der Waals surface area contributed by atoms with Crippen molar-refractivity contribution in [3.8, 4) is 0 Å². The lowest BCUT2D eigenvalue weighted by atomic mass is 10.0. The fourth-order valence-corrected chi connectivity index (χ4v) is 3.53. The van der Waals surface area contributed by atoms with E-state index in [1.165, 1.54) is 0 Å². The molecule has 110 valence electrons. The van der Waals surface area contributed by atoms with Crippen LogP contribution in [-0.4, -0.2) is 37.1 Å². The summed E-state index contributed by atoms with van der Waals surface area (Å²) >= 11 is 3.57. The van der Waals surface area contributed by atoms with Crippen LogP contribution in [0.5, 0.6) is 0 Å². The smallest absolute Gasteiger partial charge is 0.254 e. The molecule has 0 N–H and O–H groups in total. The molecule has 21 heavy (non-hydrogen) atoms. The maximum Gasteiger partial charge on any atom is 0.254 e. The number of hydrogen-bond acceptors (Lipinski definition) is 2. The van der Waals surface area contributed by atoms with Crippen molar-refractivity contribution >= 4 is 32.6 Å². The average molecular weight is 348 g/mol. The van der Waals surface area contributed by atoms with Gasteiger partial charge in [0.05, 0.1) is 6.10 Å². The van der Waals surface area contributed by atoms with Crippen LogP contribution >= 0.6 is 15.9 Å². The van der Waals surface area contributed by atoms with Crippen molar-refractivity contribution in [1.82, 2.24) is 4.90 Å². The lowest BCUT2D eigenvalue weighted by Gasteiger charge is -2.31. The SMILES string of the molecule is COC1CCN(C(=O)c2cccc3cccc(Br)c23)CC1. The van der Waals surface area contributed by atoms with E-state index in [0.29, 0.717) is 0 Å². The number of ether oxygens (including phenoxy) is 1. The van der Waals surface area contributed by atoms with E-state index in [9.17, 15) is 4.79 Å². The third kappa shape index (κ3) is 2.83. The van der Waals surface area contributed by atoms with Crippen LogP contribution in [0.25, 0.3) is 10.8 Å². The summed E-state index contributed by atoms with van der Waals surface area (Å²) in [4.78, 5) is 14.8. The number of fused-ring (bicyclic) bond motifs is 1. The molecule has 1 saturated heterocycles. The minimum absolute atomic E-state index is 0.113. The molecule has 1 aliphatic heterocycles. The minimum atomic E-state index is 0.113. The fraction of sp³-hybridized carbons (Fsp3) is 0.353. The normalized spacial score (nSPS) is 16.4. The second kappa shape index (κ2) is 6.16. The van der Waals surface area contributed by atoms with Gasteiger partial charge in [-0.15, -0.1) is 0 Å². The van der Waals surface area contributed by atoms with Crippen molar-refractivity contribution in [3.63, 3.8) is 0 Å². The van der Waals surface area contributed by atoms with E-state index in [-0.39, 0.29) is 12.0 Å². The molecular weight excluding hydrogens is 330 g/mol. The maximum absolute atomic E-state index is 12.8. The van der Waals surface area contributed by atoms with Gasteiger partial charge in [0.1, 0.15) is 0 Å². The number of halogens is 1. The summed E-state index contributed by atoms with van der Waals surface area (Å²) in [7, 11) is 1.74. The number of carbonyl (C=O) groups is 1. The monoisotopic (exact) mass is 347 g/mol. The first-order valence-corrected chi connectivity index (χ1v) is 7.99. The summed E-state index contributed by atoms with van der Waals surface area (Å²) in [5.74, 6) is 0.113. The summed E-state index contributed by atoms with van der Waals surface area (Å²) < 4.78 is 6.34. The molecule has 1 amide bonds. The van der Waals surface area contributed by atoms with Crippen molar-refractivity contribution in [1.29, 1.82) is 0 Å². The molecule has 0 radical (unpaired) electrons. The topological polar surface area (TPSA) is 29.5 Å². The third-order valence-corrected chi connectivity index (χ3v) is 4.81. The molecule has 0 aromatic heterocycles. The zero-order valence-electron chi connectivity index (χ0n) is 12.0. The quantitative estimate of drug-likeness (QED) is 0.825. The highest BCUT2D eigenvalue weighted by Crippen LogP contribution is 2.28. The molecular formula is C17H18BrNO2. The lowest BCUT2D eigenvalue weighted by molar-refractivity contribution is 0.0352. The van der Waals surface area contributed by atoms with Gasteiger partial charge < -0.3 is 9.64 Å². The highest BCUT2D eigenvalue weighted by atomic mass is 79.9. The highest BCUT2D eigenvalue weighted by Gasteiger charge is 2.24. The van der Waals surface area contributed by atoms with Crippen LogP contribution in [0.3, 0.4) is 0 Å². The van der Waals surface area contributed by atoms with Crippen LogP contribution in [0.2, 0.25) is 0 Å². The first-order chi connectivity index (χ1) is 10.2. The van der Waals surface area contributed by atoms with Crippen molar-refractivity contribution in [2.75, 3.05) is 20.2 Å². The van der Waals surface area contributed by atoms with Crippen LogP contribution in [0.15, 0.2) is 40.9 Å². The molecule has 0 unspecified atom stereocenters. The number of piperidine rings is 1. The van der Waals surface area contributed by atoms with Crippen LogP contribution < -0.4 is 0 Å². The van der Waals surface area contributed by atoms with E-state index in [0.717, 1.165) is 46.7 Å². The van der Waals surface area contributed by atoms with Gasteiger partial charge in [0, 0.05) is 35.6 Å². The zero-order valence-corrected chi connectivity index (χ0v) is 13.6. The number of benzene rings is 2. The first-order valence-electron chi connectivity index (χ1n) is 7.20. The van der Waals surface area contributed by atoms with Crippen molar-refractivity contribution in [2.45, 2.75) is 18.9 Å². The van der Waals surface area contributed by atoms with Gasteiger partial charge in [-0.25, -0.2) is 0 Å². The van der Waals surface area contributed by atoms with E-state index >= 15 is 0 Å². The Labute approximate surface area is 133 Å². The van der Waals surface area contributed by atoms with Gasteiger partial charge in [0.25, 0.3) is 5.91 Å². The van der Waals surface area contributed by atoms with Crippen LogP contribution in [0.4, 0.5) is 0 Å². The highest BCUT2D eigenvalue weighted by molar-refractivity contribution is 9.10. The number of hydrogen-bond donors (Lipinski definition) is 0. The van der Waals surface area contributed by atoms with E-state index in [1.807, 2.05) is 41.3 Å².